The molecular formula is C11H19F3N2OS. The molecule has 0 spiro atoms. The molecule has 0 bridgehead atoms. The minimum absolute atomic E-state index is 0.220. The minimum Gasteiger partial charge on any atom is -0.345 e. The Kier molecular flexibility index (Phi) is 6.28. The van der Waals surface area contributed by atoms with Gasteiger partial charge < -0.3 is 10.2 Å². The first kappa shape index (κ1) is 15.6. The lowest BCUT2D eigenvalue weighted by molar-refractivity contribution is -0.142. The van der Waals surface area contributed by atoms with Crippen molar-refractivity contribution in [2.45, 2.75) is 30.7 Å². The summed E-state index contributed by atoms with van der Waals surface area (Å²) in [6.07, 6.45) is -3.10. The van der Waals surface area contributed by atoms with Crippen LogP contribution in [0.3, 0.4) is 0 Å². The Bertz CT molecular complexity index is 268. The highest BCUT2D eigenvalue weighted by atomic mass is 32.2. The van der Waals surface area contributed by atoms with E-state index in [-0.39, 0.29) is 18.2 Å². The fraction of sp³-hybridized carbons (Fsp3) is 0.909. The molecule has 0 saturated carbocycles. The van der Waals surface area contributed by atoms with Crippen LogP contribution in [0, 0.1) is 0 Å². The molecule has 18 heavy (non-hydrogen) atoms. The van der Waals surface area contributed by atoms with Gasteiger partial charge in [0.15, 0.2) is 0 Å². The van der Waals surface area contributed by atoms with E-state index >= 15 is 0 Å². The van der Waals surface area contributed by atoms with Crippen molar-refractivity contribution in [1.29, 1.82) is 0 Å². The summed E-state index contributed by atoms with van der Waals surface area (Å²) in [5.74, 6) is 0.0572. The van der Waals surface area contributed by atoms with Crippen molar-refractivity contribution < 1.29 is 18.0 Å². The molecule has 3 nitrogen and oxygen atoms in total. The second-order valence-corrected chi connectivity index (χ2v) is 5.73. The van der Waals surface area contributed by atoms with Gasteiger partial charge in [-0.2, -0.15) is 13.2 Å². The highest BCUT2D eigenvalue weighted by Gasteiger charge is 2.28. The molecule has 0 aromatic carbocycles. The number of alkyl halides is 3. The molecular weight excluding hydrogens is 265 g/mol. The van der Waals surface area contributed by atoms with Gasteiger partial charge in [-0.25, -0.2) is 0 Å². The van der Waals surface area contributed by atoms with E-state index in [0.717, 1.165) is 25.9 Å². The summed E-state index contributed by atoms with van der Waals surface area (Å²) in [6, 6.07) is 0. The summed E-state index contributed by atoms with van der Waals surface area (Å²) in [7, 11) is 1.43. The minimum atomic E-state index is -4.20. The van der Waals surface area contributed by atoms with Crippen molar-refractivity contribution in [3.8, 4) is 0 Å². The molecule has 1 heterocycles. The van der Waals surface area contributed by atoms with Crippen LogP contribution in [-0.4, -0.2) is 54.7 Å². The third kappa shape index (κ3) is 6.49. The molecule has 1 rings (SSSR count). The summed E-state index contributed by atoms with van der Waals surface area (Å²) in [6.45, 7) is 1.65. The summed E-state index contributed by atoms with van der Waals surface area (Å²) in [5.41, 5.74) is 0. The number of halogens is 3. The second kappa shape index (κ2) is 7.23. The second-order valence-electron chi connectivity index (χ2n) is 4.44. The number of amides is 1. The normalized spacial score (nSPS) is 17.8. The molecule has 7 heteroatoms. The number of hydrogen-bond acceptors (Lipinski definition) is 3. The highest BCUT2D eigenvalue weighted by Crippen LogP contribution is 2.22. The average molecular weight is 284 g/mol. The van der Waals surface area contributed by atoms with Crippen LogP contribution >= 0.6 is 11.8 Å². The number of nitrogens with one attached hydrogen (secondary N) is 1. The van der Waals surface area contributed by atoms with Crippen LogP contribution in [0.4, 0.5) is 13.2 Å². The zero-order chi connectivity index (χ0) is 13.6. The van der Waals surface area contributed by atoms with Crippen molar-refractivity contribution >= 4 is 17.7 Å². The lowest BCUT2D eigenvalue weighted by atomic mass is 10.2. The van der Waals surface area contributed by atoms with E-state index in [1.165, 1.54) is 11.9 Å². The van der Waals surface area contributed by atoms with Gasteiger partial charge in [-0.15, -0.1) is 11.8 Å². The number of carbonyl (C=O) groups is 1. The van der Waals surface area contributed by atoms with E-state index in [0.29, 0.717) is 5.25 Å². The topological polar surface area (TPSA) is 32.3 Å². The summed E-state index contributed by atoms with van der Waals surface area (Å²) in [5, 5.41) is 3.68. The summed E-state index contributed by atoms with van der Waals surface area (Å²) < 4.78 is 36.0. The predicted octanol–water partition coefficient (Wildman–Crippen LogP) is 1.88. The molecule has 0 unspecified atom stereocenters. The molecule has 1 aliphatic heterocycles. The SMILES string of the molecule is CN(CCC(F)(F)F)C(=O)CSC1CCNCC1. The van der Waals surface area contributed by atoms with Gasteiger partial charge in [-0.3, -0.25) is 4.79 Å². The number of piperidine rings is 1. The van der Waals surface area contributed by atoms with Gasteiger partial charge in [0.25, 0.3) is 0 Å². The molecule has 0 aromatic heterocycles. The average Bonchev–Trinajstić information content (AvgIpc) is 2.33. The Hall–Kier alpha value is -0.430. The first-order valence-corrected chi connectivity index (χ1v) is 7.06. The molecule has 0 radical (unpaired) electrons. The number of carbonyl (C=O) groups excluding carboxylic acids is 1. The molecule has 0 aliphatic carbocycles. The first-order valence-electron chi connectivity index (χ1n) is 6.01. The standard InChI is InChI=1S/C11H19F3N2OS/c1-16(7-4-11(12,13)14)10(17)8-18-9-2-5-15-6-3-9/h9,15H,2-8H2,1H3. The van der Waals surface area contributed by atoms with Gasteiger partial charge in [0.05, 0.1) is 12.2 Å². The molecule has 106 valence electrons. The number of thioether (sulfide) groups is 1. The molecule has 1 N–H and O–H groups in total. The zero-order valence-corrected chi connectivity index (χ0v) is 11.2. The molecule has 0 aromatic rings. The maximum atomic E-state index is 12.0. The van der Waals surface area contributed by atoms with Crippen molar-refractivity contribution in [3.63, 3.8) is 0 Å². The fourth-order valence-corrected chi connectivity index (χ4v) is 2.85. The van der Waals surface area contributed by atoms with E-state index in [1.54, 1.807) is 11.8 Å². The van der Waals surface area contributed by atoms with Crippen LogP contribution < -0.4 is 5.32 Å². The van der Waals surface area contributed by atoms with Crippen LogP contribution in [0.25, 0.3) is 0 Å². The number of rotatable bonds is 5. The van der Waals surface area contributed by atoms with E-state index in [4.69, 9.17) is 0 Å². The van der Waals surface area contributed by atoms with Gasteiger partial charge in [0.1, 0.15) is 0 Å². The van der Waals surface area contributed by atoms with Crippen LogP contribution in [0.1, 0.15) is 19.3 Å². The first-order chi connectivity index (χ1) is 8.38. The Morgan fingerprint density at radius 3 is 2.56 bits per heavy atom. The number of nitrogens with zero attached hydrogens (tertiary/aromatic N) is 1. The summed E-state index contributed by atoms with van der Waals surface area (Å²) >= 11 is 1.55. The Morgan fingerprint density at radius 2 is 2.00 bits per heavy atom. The third-order valence-corrected chi connectivity index (χ3v) is 4.24. The summed E-state index contributed by atoms with van der Waals surface area (Å²) in [4.78, 5) is 12.8. The van der Waals surface area contributed by atoms with Crippen LogP contribution in [0.15, 0.2) is 0 Å². The maximum absolute atomic E-state index is 12.0. The Morgan fingerprint density at radius 1 is 1.39 bits per heavy atom. The van der Waals surface area contributed by atoms with Gasteiger partial charge in [0, 0.05) is 18.8 Å². The van der Waals surface area contributed by atoms with Crippen molar-refractivity contribution in [2.75, 3.05) is 32.4 Å². The maximum Gasteiger partial charge on any atom is 0.390 e. The van der Waals surface area contributed by atoms with Crippen LogP contribution in [0.5, 0.6) is 0 Å². The van der Waals surface area contributed by atoms with Crippen molar-refractivity contribution in [2.24, 2.45) is 0 Å². The Labute approximate surface area is 109 Å². The monoisotopic (exact) mass is 284 g/mol. The van der Waals surface area contributed by atoms with Crippen molar-refractivity contribution in [3.05, 3.63) is 0 Å². The predicted molar refractivity (Wildman–Crippen MR) is 66.7 cm³/mol. The molecule has 1 aliphatic rings. The molecule has 0 atom stereocenters. The molecule has 1 saturated heterocycles. The quantitative estimate of drug-likeness (QED) is 0.836. The van der Waals surface area contributed by atoms with E-state index in [9.17, 15) is 18.0 Å². The number of hydrogen-bond donors (Lipinski definition) is 1. The van der Waals surface area contributed by atoms with Gasteiger partial charge in [0.2, 0.25) is 5.91 Å². The zero-order valence-electron chi connectivity index (χ0n) is 10.4. The molecule has 1 amide bonds. The largest absolute Gasteiger partial charge is 0.390 e. The smallest absolute Gasteiger partial charge is 0.345 e. The van der Waals surface area contributed by atoms with Crippen molar-refractivity contribution in [1.82, 2.24) is 10.2 Å². The fourth-order valence-electron chi connectivity index (χ4n) is 1.68. The van der Waals surface area contributed by atoms with Gasteiger partial charge in [-0.1, -0.05) is 0 Å². The van der Waals surface area contributed by atoms with E-state index in [1.807, 2.05) is 0 Å². The lowest BCUT2D eigenvalue weighted by Gasteiger charge is -2.23. The van der Waals surface area contributed by atoms with E-state index in [2.05, 4.69) is 5.32 Å². The van der Waals surface area contributed by atoms with Crippen LogP contribution in [-0.2, 0) is 4.79 Å². The van der Waals surface area contributed by atoms with E-state index < -0.39 is 12.6 Å². The van der Waals surface area contributed by atoms with Crippen LogP contribution in [0.2, 0.25) is 0 Å². The highest BCUT2D eigenvalue weighted by molar-refractivity contribution is 8.00. The third-order valence-electron chi connectivity index (χ3n) is 2.89. The molecule has 1 fully saturated rings. The lowest BCUT2D eigenvalue weighted by Crippen LogP contribution is -2.34. The van der Waals surface area contributed by atoms with Gasteiger partial charge >= 0.3 is 6.18 Å². The van der Waals surface area contributed by atoms with Gasteiger partial charge in [-0.05, 0) is 25.9 Å². The Balaban J connectivity index is 2.18.